The van der Waals surface area contributed by atoms with Crippen molar-refractivity contribution in [2.24, 2.45) is 16.1 Å². The molecule has 0 atom stereocenters. The number of carbonyl (C=O) groups excluding carboxylic acids is 2. The van der Waals surface area contributed by atoms with Gasteiger partial charge in [0.25, 0.3) is 0 Å². The summed E-state index contributed by atoms with van der Waals surface area (Å²) in [6.45, 7) is 24.1. The van der Waals surface area contributed by atoms with Gasteiger partial charge in [0.1, 0.15) is 13.2 Å². The number of hydrogen-bond acceptors (Lipinski definition) is 8. The molecule has 8 nitrogen and oxygen atoms in total. The van der Waals surface area contributed by atoms with Crippen LogP contribution in [0.15, 0.2) is 40.7 Å². The maximum Gasteiger partial charge on any atom is 0.325 e. The second kappa shape index (κ2) is 25.5. The van der Waals surface area contributed by atoms with E-state index in [1.807, 2.05) is 87.4 Å². The Balaban J connectivity index is -0.000000982. The van der Waals surface area contributed by atoms with E-state index in [1.54, 1.807) is 31.6 Å². The number of benzene rings is 1. The number of nitrogens with two attached hydrogens (primary N) is 2. The molecule has 0 bridgehead atoms. The quantitative estimate of drug-likeness (QED) is 0.106. The number of methoxy groups -OCH3 is 1. The zero-order valence-electron chi connectivity index (χ0n) is 30.3. The lowest BCUT2D eigenvalue weighted by molar-refractivity contribution is -0.145. The first-order chi connectivity index (χ1) is 20.9. The lowest BCUT2D eigenvalue weighted by Gasteiger charge is -2.25. The Morgan fingerprint density at radius 1 is 1.13 bits per heavy atom. The highest BCUT2D eigenvalue weighted by Gasteiger charge is 2.26. The van der Waals surface area contributed by atoms with Crippen LogP contribution in [0.1, 0.15) is 95.1 Å². The molecule has 0 saturated carbocycles. The fraction of sp³-hybridized carbons (Fsp3) is 0.571. The first-order valence-corrected chi connectivity index (χ1v) is 16.6. The summed E-state index contributed by atoms with van der Waals surface area (Å²) in [7, 11) is 3.42. The molecule has 258 valence electrons. The Morgan fingerprint density at radius 2 is 1.64 bits per heavy atom. The normalized spacial score (nSPS) is 11.3. The topological polar surface area (TPSA) is 129 Å². The number of halogens is 1. The van der Waals surface area contributed by atoms with E-state index in [0.29, 0.717) is 23.2 Å². The zero-order chi connectivity index (χ0) is 35.8. The van der Waals surface area contributed by atoms with Gasteiger partial charge in [0, 0.05) is 41.4 Å². The van der Waals surface area contributed by atoms with Gasteiger partial charge in [0.15, 0.2) is 0 Å². The van der Waals surface area contributed by atoms with Crippen molar-refractivity contribution in [1.29, 1.82) is 0 Å². The lowest BCUT2D eigenvalue weighted by atomic mass is 9.86. The molecule has 2 aromatic rings. The van der Waals surface area contributed by atoms with Gasteiger partial charge >= 0.3 is 5.97 Å². The van der Waals surface area contributed by atoms with Crippen LogP contribution < -0.4 is 16.8 Å². The predicted octanol–water partition coefficient (Wildman–Crippen LogP) is 8.67. The van der Waals surface area contributed by atoms with E-state index >= 15 is 0 Å². The second-order valence-electron chi connectivity index (χ2n) is 11.7. The zero-order valence-corrected chi connectivity index (χ0v) is 31.8. The van der Waals surface area contributed by atoms with Gasteiger partial charge in [-0.3, -0.25) is 14.6 Å². The van der Waals surface area contributed by atoms with Crippen LogP contribution in [0.2, 0.25) is 5.02 Å². The van der Waals surface area contributed by atoms with Crippen LogP contribution in [-0.2, 0) is 19.1 Å². The highest BCUT2D eigenvalue weighted by molar-refractivity contribution is 7.13. The van der Waals surface area contributed by atoms with Gasteiger partial charge in [-0.05, 0) is 74.5 Å². The van der Waals surface area contributed by atoms with E-state index in [2.05, 4.69) is 35.6 Å². The number of aliphatic imine (C=N–C) groups is 1. The van der Waals surface area contributed by atoms with Gasteiger partial charge in [0.2, 0.25) is 6.41 Å². The van der Waals surface area contributed by atoms with Crippen molar-refractivity contribution >= 4 is 52.3 Å². The van der Waals surface area contributed by atoms with E-state index in [-0.39, 0.29) is 18.8 Å². The molecule has 10 heteroatoms. The highest BCUT2D eigenvalue weighted by atomic mass is 35.5. The monoisotopic (exact) mass is 668 g/mol. The summed E-state index contributed by atoms with van der Waals surface area (Å²) >= 11 is 7.94. The molecule has 5 N–H and O–H groups in total. The van der Waals surface area contributed by atoms with Gasteiger partial charge in [-0.2, -0.15) is 0 Å². The minimum Gasteiger partial charge on any atom is -0.463 e. The molecule has 0 fully saturated rings. The van der Waals surface area contributed by atoms with E-state index in [4.69, 9.17) is 32.5 Å². The fourth-order valence-corrected chi connectivity index (χ4v) is 4.13. The number of esters is 1. The van der Waals surface area contributed by atoms with Crippen LogP contribution >= 0.6 is 22.9 Å². The smallest absolute Gasteiger partial charge is 0.325 e. The predicted molar refractivity (Wildman–Crippen MR) is 198 cm³/mol. The highest BCUT2D eigenvalue weighted by Crippen LogP contribution is 2.36. The number of nitrogens with one attached hydrogen (secondary N) is 1. The van der Waals surface area contributed by atoms with E-state index in [0.717, 1.165) is 27.3 Å². The molecule has 45 heavy (non-hydrogen) atoms. The number of ether oxygens (including phenoxy) is 2. The molecule has 1 amide bonds. The van der Waals surface area contributed by atoms with E-state index in [1.165, 1.54) is 6.42 Å². The molecule has 2 rings (SSSR count). The van der Waals surface area contributed by atoms with Crippen molar-refractivity contribution in [3.8, 4) is 10.4 Å². The van der Waals surface area contributed by atoms with E-state index in [9.17, 15) is 9.59 Å². The third-order valence-electron chi connectivity index (χ3n) is 5.14. The molecule has 1 heterocycles. The van der Waals surface area contributed by atoms with Crippen LogP contribution in [0.25, 0.3) is 16.0 Å². The molecule has 0 radical (unpaired) electrons. The number of carbonyl (C=O) groups is 2. The summed E-state index contributed by atoms with van der Waals surface area (Å²) in [5.74, 6) is -0.491. The molecule has 0 aliphatic rings. The van der Waals surface area contributed by atoms with Crippen molar-refractivity contribution in [2.45, 2.75) is 101 Å². The summed E-state index contributed by atoms with van der Waals surface area (Å²) < 4.78 is 10.2. The molecule has 0 unspecified atom stereocenters. The molecule has 0 aliphatic heterocycles. The Labute approximate surface area is 283 Å². The van der Waals surface area contributed by atoms with Gasteiger partial charge in [-0.25, -0.2) is 0 Å². The van der Waals surface area contributed by atoms with Crippen molar-refractivity contribution in [2.75, 3.05) is 33.0 Å². The lowest BCUT2D eigenvalue weighted by Crippen LogP contribution is -2.32. The summed E-state index contributed by atoms with van der Waals surface area (Å²) in [5, 5.41) is 4.98. The van der Waals surface area contributed by atoms with Crippen molar-refractivity contribution in [1.82, 2.24) is 5.32 Å². The molecule has 1 aromatic carbocycles. The SMILES string of the molecule is CC.CC(C)N.CCC.CN=C(/C=C(\C)c1csc(-c2ccc(N)cc2Cl)c1)C(C)(C)COC(=O)CNC=O.COC(C)(C)C. The first-order valence-electron chi connectivity index (χ1n) is 15.3. The molecule has 0 spiro atoms. The molecular weight excluding hydrogens is 608 g/mol. The minimum atomic E-state index is -0.494. The summed E-state index contributed by atoms with van der Waals surface area (Å²) in [6.07, 6.45) is 3.71. The van der Waals surface area contributed by atoms with Crippen LogP contribution in [-0.4, -0.2) is 57.0 Å². The van der Waals surface area contributed by atoms with Crippen LogP contribution in [0.4, 0.5) is 5.69 Å². The van der Waals surface area contributed by atoms with Crippen molar-refractivity contribution < 1.29 is 19.1 Å². The second-order valence-corrected chi connectivity index (χ2v) is 13.0. The molecule has 0 saturated heterocycles. The van der Waals surface area contributed by atoms with Crippen molar-refractivity contribution in [3.05, 3.63) is 46.3 Å². The molecular formula is C35H61ClN4O4S. The fourth-order valence-electron chi connectivity index (χ4n) is 2.78. The number of amides is 1. The van der Waals surface area contributed by atoms with Crippen molar-refractivity contribution in [3.63, 3.8) is 0 Å². The average Bonchev–Trinajstić information content (AvgIpc) is 3.45. The maximum atomic E-state index is 11.7. The third-order valence-corrected chi connectivity index (χ3v) is 6.41. The Morgan fingerprint density at radius 3 is 2.07 bits per heavy atom. The van der Waals surface area contributed by atoms with Gasteiger partial charge in [-0.15, -0.1) is 11.3 Å². The Bertz CT molecular complexity index is 1150. The van der Waals surface area contributed by atoms with Crippen LogP contribution in [0.3, 0.4) is 0 Å². The molecule has 0 aliphatic carbocycles. The van der Waals surface area contributed by atoms with Crippen LogP contribution in [0.5, 0.6) is 0 Å². The molecule has 1 aromatic heterocycles. The Hall–Kier alpha value is -2.72. The van der Waals surface area contributed by atoms with E-state index < -0.39 is 11.4 Å². The number of thiophene rings is 1. The number of anilines is 1. The number of nitrogens with zero attached hydrogens (tertiary/aromatic N) is 1. The van der Waals surface area contributed by atoms with Gasteiger partial charge < -0.3 is 26.3 Å². The van der Waals surface area contributed by atoms with Gasteiger partial charge in [0.05, 0.1) is 10.6 Å². The number of hydrogen-bond donors (Lipinski definition) is 3. The minimum absolute atomic E-state index is 0.0417. The average molecular weight is 669 g/mol. The number of nitrogen functional groups attached to an aromatic ring is 1. The van der Waals surface area contributed by atoms with Crippen LogP contribution in [0, 0.1) is 5.41 Å². The summed E-state index contributed by atoms with van der Waals surface area (Å²) in [6, 6.07) is 7.91. The third kappa shape index (κ3) is 23.3. The Kier molecular flexibility index (Phi) is 26.4. The summed E-state index contributed by atoms with van der Waals surface area (Å²) in [4.78, 5) is 27.4. The summed E-state index contributed by atoms with van der Waals surface area (Å²) in [5.41, 5.74) is 14.9. The standard InChI is InChI=1S/C22H26ClN3O3S.C5H12O.C3H9N.C3H8.C2H6/c1-14(7-20(25-4)22(2,3)12-29-21(28)10-26-13-27)15-8-19(30-11-15)17-6-5-16(24)9-18(17)23;1-5(2,3)6-4;1-3(2)4;1-3-2;1-2/h5-9,11,13H,10,12,24H2,1-4H3,(H,26,27);1-4H3;3H,4H2,1-2H3;3H2,1-2H3;1-2H3/b14-7+,25-20?;;;;. The maximum absolute atomic E-state index is 11.7. The first kappa shape index (κ1) is 46.7. The number of allylic oxidation sites excluding steroid dienone is 2. The van der Waals surface area contributed by atoms with Gasteiger partial charge in [-0.1, -0.05) is 79.5 Å². The largest absolute Gasteiger partial charge is 0.463 e. The number of rotatable bonds is 9.